The van der Waals surface area contributed by atoms with Crippen molar-refractivity contribution in [1.82, 2.24) is 14.6 Å². The number of aliphatic hydroxyl groups excluding tert-OH is 1. The van der Waals surface area contributed by atoms with Gasteiger partial charge < -0.3 is 19.1 Å². The Morgan fingerprint density at radius 1 is 1.18 bits per heavy atom. The lowest BCUT2D eigenvalue weighted by Gasteiger charge is -2.30. The van der Waals surface area contributed by atoms with Crippen LogP contribution >= 0.6 is 7.75 Å². The maximum absolute atomic E-state index is 13.9. The third-order valence-corrected chi connectivity index (χ3v) is 7.73. The molecule has 14 heteroatoms. The summed E-state index contributed by atoms with van der Waals surface area (Å²) in [4.78, 5) is 38.2. The fourth-order valence-electron chi connectivity index (χ4n) is 3.88. The second-order valence-corrected chi connectivity index (χ2v) is 11.2. The van der Waals surface area contributed by atoms with E-state index in [1.165, 1.54) is 26.0 Å². The molecule has 1 aromatic heterocycles. The molecule has 0 spiro atoms. The Labute approximate surface area is 228 Å². The van der Waals surface area contributed by atoms with Gasteiger partial charge in [-0.05, 0) is 31.5 Å². The highest BCUT2D eigenvalue weighted by Gasteiger charge is 2.43. The summed E-state index contributed by atoms with van der Waals surface area (Å²) in [5.74, 6) is -1.76. The molecule has 0 aliphatic carbocycles. The van der Waals surface area contributed by atoms with Crippen molar-refractivity contribution >= 4 is 13.7 Å². The maximum Gasteiger partial charge on any atom is 0.459 e. The zero-order valence-electron chi connectivity index (χ0n) is 21.7. The summed E-state index contributed by atoms with van der Waals surface area (Å²) in [5.41, 5.74) is -2.90. The van der Waals surface area contributed by atoms with Gasteiger partial charge in [0.1, 0.15) is 30.2 Å². The first-order valence-electron chi connectivity index (χ1n) is 12.3. The molecule has 0 amide bonds. The van der Waals surface area contributed by atoms with Gasteiger partial charge in [0.2, 0.25) is 5.82 Å². The van der Waals surface area contributed by atoms with Crippen LogP contribution in [0, 0.1) is 5.82 Å². The van der Waals surface area contributed by atoms with E-state index in [1.54, 1.807) is 42.5 Å². The largest absolute Gasteiger partial charge is 0.459 e. The van der Waals surface area contributed by atoms with Crippen LogP contribution in [0.15, 0.2) is 76.4 Å². The third kappa shape index (κ3) is 7.32. The lowest BCUT2D eigenvalue weighted by Crippen LogP contribution is -2.47. The maximum atomic E-state index is 13.9. The molecule has 4 atom stereocenters. The zero-order chi connectivity index (χ0) is 28.9. The van der Waals surface area contributed by atoms with Gasteiger partial charge in [-0.2, -0.15) is 9.48 Å². The van der Waals surface area contributed by atoms with Crippen molar-refractivity contribution in [3.05, 3.63) is 99.1 Å². The predicted molar refractivity (Wildman–Crippen MR) is 140 cm³/mol. The number of halogens is 1. The van der Waals surface area contributed by atoms with Gasteiger partial charge in [-0.3, -0.25) is 23.7 Å². The molecule has 1 fully saturated rings. The minimum absolute atomic E-state index is 0.0102. The molecule has 3 aromatic rings. The zero-order valence-corrected chi connectivity index (χ0v) is 22.6. The molecule has 0 bridgehead atoms. The molecule has 0 saturated carbocycles. The number of hydrogen-bond acceptors (Lipinski definition) is 9. The van der Waals surface area contributed by atoms with E-state index >= 15 is 0 Å². The lowest BCUT2D eigenvalue weighted by molar-refractivity contribution is -0.151. The number of hydrogen-bond donors (Lipinski definition) is 3. The molecular weight excluding hydrogens is 548 g/mol. The average molecular weight is 578 g/mol. The fraction of sp³-hybridized carbons (Fsp3) is 0.346. The summed E-state index contributed by atoms with van der Waals surface area (Å²) in [6.07, 6.45) is -2.92. The van der Waals surface area contributed by atoms with Crippen molar-refractivity contribution in [2.24, 2.45) is 0 Å². The van der Waals surface area contributed by atoms with Crippen LogP contribution in [0.2, 0.25) is 0 Å². The monoisotopic (exact) mass is 577 g/mol. The lowest BCUT2D eigenvalue weighted by atomic mass is 10.1. The van der Waals surface area contributed by atoms with Gasteiger partial charge in [-0.1, -0.05) is 48.5 Å². The Morgan fingerprint density at radius 2 is 1.82 bits per heavy atom. The van der Waals surface area contributed by atoms with Crippen molar-refractivity contribution in [2.45, 2.75) is 50.8 Å². The van der Waals surface area contributed by atoms with Gasteiger partial charge in [0.15, 0.2) is 0 Å². The molecule has 2 aromatic carbocycles. The first-order valence-corrected chi connectivity index (χ1v) is 13.8. The summed E-state index contributed by atoms with van der Waals surface area (Å²) in [5, 5.41) is 13.1. The van der Waals surface area contributed by atoms with Crippen molar-refractivity contribution in [3.63, 3.8) is 0 Å². The summed E-state index contributed by atoms with van der Waals surface area (Å²) >= 11 is 0. The highest BCUT2D eigenvalue weighted by Crippen LogP contribution is 2.47. The third-order valence-electron chi connectivity index (χ3n) is 5.96. The van der Waals surface area contributed by atoms with E-state index in [0.717, 1.165) is 10.1 Å². The van der Waals surface area contributed by atoms with Gasteiger partial charge in [-0.15, -0.1) is 0 Å². The number of nitrogens with zero attached hydrogens (tertiary/aromatic N) is 1. The number of carbonyl (C=O) groups is 1. The molecule has 1 aliphatic heterocycles. The van der Waals surface area contributed by atoms with Crippen LogP contribution in [0.25, 0.3) is 0 Å². The van der Waals surface area contributed by atoms with Crippen molar-refractivity contribution in [2.75, 3.05) is 6.61 Å². The van der Waals surface area contributed by atoms with E-state index in [9.17, 15) is 28.4 Å². The Bertz CT molecular complexity index is 1480. The van der Waals surface area contributed by atoms with Crippen molar-refractivity contribution in [1.29, 1.82) is 0 Å². The average Bonchev–Trinajstić information content (AvgIpc) is 3.29. The van der Waals surface area contributed by atoms with Crippen LogP contribution in [0.4, 0.5) is 4.39 Å². The second kappa shape index (κ2) is 12.3. The van der Waals surface area contributed by atoms with E-state index in [4.69, 9.17) is 18.5 Å². The van der Waals surface area contributed by atoms with Crippen molar-refractivity contribution in [3.8, 4) is 5.75 Å². The number of aromatic nitrogens is 2. The Kier molecular flexibility index (Phi) is 9.02. The first kappa shape index (κ1) is 29.4. The van der Waals surface area contributed by atoms with E-state index in [0.29, 0.717) is 6.20 Å². The number of esters is 1. The number of para-hydroxylation sites is 1. The Balaban J connectivity index is 1.47. The first-order chi connectivity index (χ1) is 19.0. The molecule has 2 heterocycles. The molecule has 1 aliphatic rings. The molecular formula is C26H29FN3O9P. The van der Waals surface area contributed by atoms with Gasteiger partial charge >= 0.3 is 19.4 Å². The summed E-state index contributed by atoms with van der Waals surface area (Å²) in [7, 11) is -4.32. The number of H-pyrrole nitrogens is 1. The smallest absolute Gasteiger partial charge is 0.459 e. The summed E-state index contributed by atoms with van der Waals surface area (Å²) in [6.45, 7) is 2.38. The van der Waals surface area contributed by atoms with Gasteiger partial charge in [0.25, 0.3) is 5.56 Å². The minimum atomic E-state index is -4.32. The van der Waals surface area contributed by atoms with Gasteiger partial charge in [-0.25, -0.2) is 9.36 Å². The van der Waals surface area contributed by atoms with Crippen LogP contribution in [0.3, 0.4) is 0 Å². The molecule has 4 rings (SSSR count). The Morgan fingerprint density at radius 3 is 2.50 bits per heavy atom. The van der Waals surface area contributed by atoms with E-state index in [2.05, 4.69) is 5.09 Å². The summed E-state index contributed by atoms with van der Waals surface area (Å²) in [6, 6.07) is 17.1. The molecule has 2 unspecified atom stereocenters. The number of ether oxygens (including phenoxy) is 2. The topological polar surface area (TPSA) is 158 Å². The predicted octanol–water partition coefficient (Wildman–Crippen LogP) is 2.64. The fourth-order valence-corrected chi connectivity index (χ4v) is 5.56. The molecule has 12 nitrogen and oxygen atoms in total. The Hall–Kier alpha value is -3.61. The minimum Gasteiger partial charge on any atom is -0.459 e. The number of benzene rings is 2. The molecule has 214 valence electrons. The number of aliphatic hydroxyl groups is 1. The van der Waals surface area contributed by atoms with Crippen LogP contribution in [-0.4, -0.2) is 45.0 Å². The standard InChI is InChI=1S/C26H29FN3O9P/c1-26(2,24(33)36-15-17-9-5-3-6-10-17)29-40(35,39-18-11-7-4-8-12-18)37-16-21-20(31)13-22(38-21)30-14-19(27)23(32)28-25(30)34/h3-12,14,20-22,31H,13,15-16H2,1-2H3,(H,29,35)(H,28,32,34)/t20-,21?,22-,40?/m1/s1. The van der Waals surface area contributed by atoms with E-state index in [1.807, 2.05) is 11.1 Å². The molecule has 1 saturated heterocycles. The normalized spacial score (nSPS) is 20.6. The van der Waals surface area contributed by atoms with Crippen LogP contribution < -0.4 is 20.9 Å². The highest BCUT2D eigenvalue weighted by atomic mass is 31.2. The molecule has 0 radical (unpaired) electrons. The molecule has 40 heavy (non-hydrogen) atoms. The highest BCUT2D eigenvalue weighted by molar-refractivity contribution is 7.52. The van der Waals surface area contributed by atoms with Crippen LogP contribution in [-0.2, 0) is 30.0 Å². The van der Waals surface area contributed by atoms with E-state index < -0.39 is 61.4 Å². The number of carbonyl (C=O) groups excluding carboxylic acids is 1. The van der Waals surface area contributed by atoms with Crippen LogP contribution in [0.5, 0.6) is 5.75 Å². The SMILES string of the molecule is CC(C)(NP(=O)(OCC1O[C@@H](n2cc(F)c(=O)[nH]c2=O)C[C@H]1O)Oc1ccccc1)C(=O)OCc1ccccc1. The molecule has 3 N–H and O–H groups in total. The van der Waals surface area contributed by atoms with Gasteiger partial charge in [0.05, 0.1) is 18.9 Å². The number of rotatable bonds is 11. The number of nitrogens with one attached hydrogen (secondary N) is 2. The number of aromatic amines is 1. The second-order valence-electron chi connectivity index (χ2n) is 9.57. The van der Waals surface area contributed by atoms with Gasteiger partial charge in [0, 0.05) is 6.42 Å². The quantitative estimate of drug-likeness (QED) is 0.229. The van der Waals surface area contributed by atoms with Crippen molar-refractivity contribution < 1.29 is 37.4 Å². The summed E-state index contributed by atoms with van der Waals surface area (Å²) < 4.78 is 50.7. The van der Waals surface area contributed by atoms with E-state index in [-0.39, 0.29) is 18.8 Å². The van der Waals surface area contributed by atoms with Crippen LogP contribution in [0.1, 0.15) is 32.1 Å².